The average Bonchev–Trinajstić information content (AvgIpc) is 2.40. The summed E-state index contributed by atoms with van der Waals surface area (Å²) in [6.07, 6.45) is 1.72. The van der Waals surface area contributed by atoms with E-state index in [9.17, 15) is 0 Å². The summed E-state index contributed by atoms with van der Waals surface area (Å²) in [7, 11) is 0. The molecule has 2 N–H and O–H groups in total. The van der Waals surface area contributed by atoms with Crippen LogP contribution in [0.5, 0.6) is 11.5 Å². The van der Waals surface area contributed by atoms with E-state index in [0.29, 0.717) is 0 Å². The van der Waals surface area contributed by atoms with E-state index < -0.39 is 0 Å². The topological polar surface area (TPSA) is 48.1 Å². The molecule has 0 fully saturated rings. The van der Waals surface area contributed by atoms with Crippen LogP contribution >= 0.6 is 0 Å². The van der Waals surface area contributed by atoms with Gasteiger partial charge in [0.2, 0.25) is 0 Å². The molecule has 2 rings (SSSR count). The fraction of sp³-hybridized carbons (Fsp3) is 0.389. The number of benzene rings is 1. The Morgan fingerprint density at radius 3 is 2.33 bits per heavy atom. The van der Waals surface area contributed by atoms with Gasteiger partial charge in [-0.15, -0.1) is 0 Å². The highest BCUT2D eigenvalue weighted by Gasteiger charge is 2.15. The molecule has 0 aliphatic heterocycles. The molecule has 1 aromatic heterocycles. The van der Waals surface area contributed by atoms with Gasteiger partial charge in [0.25, 0.3) is 0 Å². The number of rotatable bonds is 3. The predicted octanol–water partition coefficient (Wildman–Crippen LogP) is 4.50. The van der Waals surface area contributed by atoms with Gasteiger partial charge in [0.05, 0.1) is 11.9 Å². The lowest BCUT2D eigenvalue weighted by Crippen LogP contribution is -2.11. The van der Waals surface area contributed by atoms with E-state index in [0.717, 1.165) is 22.8 Å². The van der Waals surface area contributed by atoms with Crippen LogP contribution < -0.4 is 10.5 Å². The van der Waals surface area contributed by atoms with E-state index in [-0.39, 0.29) is 11.5 Å². The van der Waals surface area contributed by atoms with Gasteiger partial charge in [-0.2, -0.15) is 0 Å². The molecule has 3 nitrogen and oxygen atoms in total. The van der Waals surface area contributed by atoms with Crippen molar-refractivity contribution in [3.05, 3.63) is 53.3 Å². The van der Waals surface area contributed by atoms with Crippen LogP contribution in [0.2, 0.25) is 0 Å². The van der Waals surface area contributed by atoms with Crippen molar-refractivity contribution in [1.82, 2.24) is 4.98 Å². The Balaban J connectivity index is 2.20. The Labute approximate surface area is 127 Å². The maximum atomic E-state index is 5.91. The Hall–Kier alpha value is -1.87. The van der Waals surface area contributed by atoms with E-state index in [2.05, 4.69) is 44.8 Å². The third kappa shape index (κ3) is 3.82. The zero-order chi connectivity index (χ0) is 15.6. The first-order chi connectivity index (χ1) is 9.77. The molecule has 1 aromatic carbocycles. The molecule has 0 saturated heterocycles. The van der Waals surface area contributed by atoms with Crippen molar-refractivity contribution in [3.63, 3.8) is 0 Å². The number of nitrogens with zero attached hydrogens (tertiary/aromatic N) is 1. The average molecular weight is 284 g/mol. The summed E-state index contributed by atoms with van der Waals surface area (Å²) in [6, 6.07) is 10.1. The Kier molecular flexibility index (Phi) is 4.33. The minimum absolute atomic E-state index is 0.0631. The van der Waals surface area contributed by atoms with Gasteiger partial charge in [0, 0.05) is 6.04 Å². The minimum atomic E-state index is -0.0631. The first-order valence-electron chi connectivity index (χ1n) is 7.28. The molecule has 21 heavy (non-hydrogen) atoms. The van der Waals surface area contributed by atoms with Gasteiger partial charge in [-0.05, 0) is 48.6 Å². The van der Waals surface area contributed by atoms with E-state index in [1.807, 2.05) is 25.1 Å². The van der Waals surface area contributed by atoms with Crippen LogP contribution in [0.3, 0.4) is 0 Å². The molecule has 0 unspecified atom stereocenters. The Morgan fingerprint density at radius 1 is 1.14 bits per heavy atom. The van der Waals surface area contributed by atoms with Gasteiger partial charge in [0.1, 0.15) is 11.5 Å². The van der Waals surface area contributed by atoms with E-state index >= 15 is 0 Å². The van der Waals surface area contributed by atoms with Crippen LogP contribution in [0, 0.1) is 6.92 Å². The van der Waals surface area contributed by atoms with Crippen LogP contribution in [-0.4, -0.2) is 4.98 Å². The van der Waals surface area contributed by atoms with Crippen LogP contribution in [0.25, 0.3) is 0 Å². The van der Waals surface area contributed by atoms with Gasteiger partial charge >= 0.3 is 0 Å². The Bertz CT molecular complexity index is 610. The highest BCUT2D eigenvalue weighted by atomic mass is 16.5. The predicted molar refractivity (Wildman–Crippen MR) is 86.8 cm³/mol. The standard InChI is InChI=1S/C18H24N2O/c1-12-10-14(18(3,4)5)6-9-17(12)21-15-7-8-16(13(2)19)20-11-15/h6-11,13H,19H2,1-5H3/t13-/m0/s1. The second-order valence-corrected chi connectivity index (χ2v) is 6.54. The molecule has 112 valence electrons. The lowest BCUT2D eigenvalue weighted by Gasteiger charge is -2.20. The number of ether oxygens (including phenoxy) is 1. The normalized spacial score (nSPS) is 13.0. The monoisotopic (exact) mass is 284 g/mol. The van der Waals surface area contributed by atoms with Crippen LogP contribution in [0.1, 0.15) is 50.6 Å². The fourth-order valence-electron chi connectivity index (χ4n) is 2.08. The van der Waals surface area contributed by atoms with E-state index in [1.54, 1.807) is 6.20 Å². The highest BCUT2D eigenvalue weighted by molar-refractivity contribution is 5.41. The van der Waals surface area contributed by atoms with Crippen LogP contribution in [-0.2, 0) is 5.41 Å². The molecular formula is C18H24N2O. The number of aryl methyl sites for hydroxylation is 1. The summed E-state index contributed by atoms with van der Waals surface area (Å²) < 4.78 is 5.91. The van der Waals surface area contributed by atoms with Crippen molar-refractivity contribution in [1.29, 1.82) is 0 Å². The molecule has 0 spiro atoms. The molecule has 2 aromatic rings. The Morgan fingerprint density at radius 2 is 1.86 bits per heavy atom. The third-order valence-corrected chi connectivity index (χ3v) is 3.49. The minimum Gasteiger partial charge on any atom is -0.455 e. The fourth-order valence-corrected chi connectivity index (χ4v) is 2.08. The van der Waals surface area contributed by atoms with Crippen molar-refractivity contribution >= 4 is 0 Å². The SMILES string of the molecule is Cc1cc(C(C)(C)C)ccc1Oc1ccc([C@H](C)N)nc1. The smallest absolute Gasteiger partial charge is 0.145 e. The second-order valence-electron chi connectivity index (χ2n) is 6.54. The summed E-state index contributed by atoms with van der Waals surface area (Å²) in [5, 5.41) is 0. The largest absolute Gasteiger partial charge is 0.455 e. The van der Waals surface area contributed by atoms with Crippen molar-refractivity contribution in [3.8, 4) is 11.5 Å². The molecule has 0 bridgehead atoms. The number of aromatic nitrogens is 1. The van der Waals surface area contributed by atoms with Gasteiger partial charge < -0.3 is 10.5 Å². The summed E-state index contributed by atoms with van der Waals surface area (Å²) >= 11 is 0. The molecule has 0 aliphatic rings. The number of hydrogen-bond acceptors (Lipinski definition) is 3. The first-order valence-corrected chi connectivity index (χ1v) is 7.28. The molecule has 1 atom stereocenters. The molecule has 0 aliphatic carbocycles. The van der Waals surface area contributed by atoms with Gasteiger partial charge in [-0.3, -0.25) is 4.98 Å². The lowest BCUT2D eigenvalue weighted by atomic mass is 9.86. The molecular weight excluding hydrogens is 260 g/mol. The first kappa shape index (κ1) is 15.5. The zero-order valence-electron chi connectivity index (χ0n) is 13.5. The van der Waals surface area contributed by atoms with Crippen molar-refractivity contribution < 1.29 is 4.74 Å². The lowest BCUT2D eigenvalue weighted by molar-refractivity contribution is 0.474. The molecule has 0 saturated carbocycles. The van der Waals surface area contributed by atoms with Gasteiger partial charge in [-0.25, -0.2) is 0 Å². The van der Waals surface area contributed by atoms with Crippen molar-refractivity contribution in [2.24, 2.45) is 5.73 Å². The number of nitrogens with two attached hydrogens (primary N) is 1. The summed E-state index contributed by atoms with van der Waals surface area (Å²) in [5.74, 6) is 1.59. The summed E-state index contributed by atoms with van der Waals surface area (Å²) in [6.45, 7) is 10.6. The maximum Gasteiger partial charge on any atom is 0.145 e. The molecule has 0 amide bonds. The van der Waals surface area contributed by atoms with Gasteiger partial charge in [-0.1, -0.05) is 32.9 Å². The van der Waals surface area contributed by atoms with Gasteiger partial charge in [0.15, 0.2) is 0 Å². The second kappa shape index (κ2) is 5.86. The maximum absolute atomic E-state index is 5.91. The molecule has 0 radical (unpaired) electrons. The van der Waals surface area contributed by atoms with Crippen LogP contribution in [0.4, 0.5) is 0 Å². The quantitative estimate of drug-likeness (QED) is 0.902. The van der Waals surface area contributed by atoms with Crippen molar-refractivity contribution in [2.75, 3.05) is 0 Å². The third-order valence-electron chi connectivity index (χ3n) is 3.49. The van der Waals surface area contributed by atoms with E-state index in [4.69, 9.17) is 10.5 Å². The number of hydrogen-bond donors (Lipinski definition) is 1. The summed E-state index contributed by atoms with van der Waals surface area (Å²) in [4.78, 5) is 4.31. The molecule has 1 heterocycles. The van der Waals surface area contributed by atoms with Crippen molar-refractivity contribution in [2.45, 2.75) is 46.1 Å². The van der Waals surface area contributed by atoms with Crippen LogP contribution in [0.15, 0.2) is 36.5 Å². The van der Waals surface area contributed by atoms with E-state index in [1.165, 1.54) is 5.56 Å². The summed E-state index contributed by atoms with van der Waals surface area (Å²) in [5.41, 5.74) is 9.23. The zero-order valence-corrected chi connectivity index (χ0v) is 13.5. The number of pyridine rings is 1. The highest BCUT2D eigenvalue weighted by Crippen LogP contribution is 2.30. The molecule has 3 heteroatoms.